The van der Waals surface area contributed by atoms with E-state index in [-0.39, 0.29) is 5.91 Å². The van der Waals surface area contributed by atoms with Crippen molar-refractivity contribution < 1.29 is 4.79 Å². The topological polar surface area (TPSA) is 65.1 Å². The van der Waals surface area contributed by atoms with Gasteiger partial charge in [-0.25, -0.2) is 9.97 Å². The molecule has 1 saturated carbocycles. The number of hydrogen-bond acceptors (Lipinski definition) is 4. The first kappa shape index (κ1) is 20.7. The molecule has 0 unspecified atom stereocenters. The molecule has 33 heavy (non-hydrogen) atoms. The number of benzene rings is 1. The maximum absolute atomic E-state index is 13.0. The Balaban J connectivity index is 1.13. The van der Waals surface area contributed by atoms with Crippen LogP contribution in [0.3, 0.4) is 0 Å². The molecule has 0 spiro atoms. The van der Waals surface area contributed by atoms with Crippen LogP contribution in [0.15, 0.2) is 30.5 Å². The molecule has 1 aromatic carbocycles. The molecule has 1 N–H and O–H groups in total. The number of carbonyl (C=O) groups is 1. The average Bonchev–Trinajstić information content (AvgIpc) is 3.58. The summed E-state index contributed by atoms with van der Waals surface area (Å²) >= 11 is 0. The quantitative estimate of drug-likeness (QED) is 0.636. The Morgan fingerprint density at radius 2 is 1.91 bits per heavy atom. The molecule has 1 saturated heterocycles. The number of aromatic nitrogens is 3. The van der Waals surface area contributed by atoms with Crippen molar-refractivity contribution in [1.82, 2.24) is 19.9 Å². The first-order valence-electron chi connectivity index (χ1n) is 12.6. The molecule has 6 heteroatoms. The Bertz CT molecular complexity index is 1170. The summed E-state index contributed by atoms with van der Waals surface area (Å²) in [6, 6.07) is 8.19. The lowest BCUT2D eigenvalue weighted by atomic mass is 9.94. The van der Waals surface area contributed by atoms with E-state index < -0.39 is 0 Å². The van der Waals surface area contributed by atoms with Crippen LogP contribution in [-0.4, -0.2) is 51.9 Å². The maximum atomic E-state index is 13.0. The van der Waals surface area contributed by atoms with E-state index in [0.29, 0.717) is 12.3 Å². The Morgan fingerprint density at radius 3 is 2.73 bits per heavy atom. The fourth-order valence-corrected chi connectivity index (χ4v) is 5.62. The molecule has 2 aliphatic heterocycles. The van der Waals surface area contributed by atoms with Gasteiger partial charge in [0.1, 0.15) is 11.6 Å². The number of amides is 1. The minimum atomic E-state index is 0.219. The highest BCUT2D eigenvalue weighted by molar-refractivity contribution is 5.88. The molecule has 172 valence electrons. The van der Waals surface area contributed by atoms with Crippen LogP contribution in [0, 0.1) is 12.8 Å². The molecule has 0 radical (unpaired) electrons. The first-order chi connectivity index (χ1) is 16.2. The largest absolute Gasteiger partial charge is 0.361 e. The number of piperidine rings is 1. The van der Waals surface area contributed by atoms with Gasteiger partial charge in [-0.2, -0.15) is 0 Å². The van der Waals surface area contributed by atoms with Gasteiger partial charge in [0, 0.05) is 60.5 Å². The average molecular weight is 444 g/mol. The standard InChI is InChI=1S/C27H33N5O/c1-18-22-6-4-12-32(17-19-8-9-19)27(22)30-26(29-18)20-10-13-31(14-11-20)25(33)15-21-16-28-24-7-3-2-5-23(21)24/h2-3,5,7,16,19-20,28H,4,6,8-15,17H2,1H3. The Morgan fingerprint density at radius 1 is 1.09 bits per heavy atom. The number of aryl methyl sites for hydroxylation is 1. The highest BCUT2D eigenvalue weighted by Gasteiger charge is 2.31. The minimum Gasteiger partial charge on any atom is -0.361 e. The lowest BCUT2D eigenvalue weighted by molar-refractivity contribution is -0.131. The number of nitrogens with one attached hydrogen (secondary N) is 1. The van der Waals surface area contributed by atoms with Crippen molar-refractivity contribution in [2.75, 3.05) is 31.1 Å². The number of carbonyl (C=O) groups excluding carboxylic acids is 1. The number of anilines is 1. The molecule has 3 aromatic rings. The lowest BCUT2D eigenvalue weighted by Gasteiger charge is -2.34. The van der Waals surface area contributed by atoms with Gasteiger partial charge in [-0.3, -0.25) is 4.79 Å². The van der Waals surface area contributed by atoms with Gasteiger partial charge in [0.2, 0.25) is 5.91 Å². The Hall–Kier alpha value is -2.89. The highest BCUT2D eigenvalue weighted by Crippen LogP contribution is 2.36. The van der Waals surface area contributed by atoms with Crippen LogP contribution in [0.4, 0.5) is 5.82 Å². The summed E-state index contributed by atoms with van der Waals surface area (Å²) < 4.78 is 0. The summed E-state index contributed by atoms with van der Waals surface area (Å²) in [6.45, 7) is 6.02. The third-order valence-corrected chi connectivity index (χ3v) is 7.77. The van der Waals surface area contributed by atoms with Gasteiger partial charge >= 0.3 is 0 Å². The fourth-order valence-electron chi connectivity index (χ4n) is 5.62. The van der Waals surface area contributed by atoms with Crippen molar-refractivity contribution in [3.63, 3.8) is 0 Å². The molecule has 3 aliphatic rings. The van der Waals surface area contributed by atoms with Gasteiger partial charge in [-0.1, -0.05) is 18.2 Å². The van der Waals surface area contributed by atoms with E-state index in [1.54, 1.807) is 0 Å². The van der Waals surface area contributed by atoms with E-state index in [9.17, 15) is 4.79 Å². The second kappa shape index (κ2) is 8.47. The van der Waals surface area contributed by atoms with E-state index in [1.807, 2.05) is 23.2 Å². The lowest BCUT2D eigenvalue weighted by Crippen LogP contribution is -2.39. The molecule has 1 aliphatic carbocycles. The summed E-state index contributed by atoms with van der Waals surface area (Å²) in [6.07, 6.45) is 9.37. The SMILES string of the molecule is Cc1nc(C2CCN(C(=O)Cc3c[nH]c4ccccc34)CC2)nc2c1CCCN2CC1CC1. The summed E-state index contributed by atoms with van der Waals surface area (Å²) in [5.74, 6) is 3.62. The number of likely N-dealkylation sites (tertiary alicyclic amines) is 1. The van der Waals surface area contributed by atoms with Crippen molar-refractivity contribution >= 4 is 22.6 Å². The van der Waals surface area contributed by atoms with E-state index >= 15 is 0 Å². The third-order valence-electron chi connectivity index (χ3n) is 7.77. The summed E-state index contributed by atoms with van der Waals surface area (Å²) in [4.78, 5) is 31.0. The monoisotopic (exact) mass is 443 g/mol. The molecule has 0 bridgehead atoms. The maximum Gasteiger partial charge on any atom is 0.227 e. The number of rotatable bonds is 5. The fraction of sp³-hybridized carbons (Fsp3) is 0.519. The van der Waals surface area contributed by atoms with Gasteiger partial charge in [0.15, 0.2) is 0 Å². The smallest absolute Gasteiger partial charge is 0.227 e. The summed E-state index contributed by atoms with van der Waals surface area (Å²) in [5.41, 5.74) is 4.70. The summed E-state index contributed by atoms with van der Waals surface area (Å²) in [5, 5.41) is 1.15. The Labute approximate surface area is 195 Å². The predicted octanol–water partition coefficient (Wildman–Crippen LogP) is 4.38. The second-order valence-electron chi connectivity index (χ2n) is 10.2. The van der Waals surface area contributed by atoms with Gasteiger partial charge in [-0.15, -0.1) is 0 Å². The molecule has 6 rings (SSSR count). The van der Waals surface area contributed by atoms with E-state index in [4.69, 9.17) is 9.97 Å². The molecular formula is C27H33N5O. The summed E-state index contributed by atoms with van der Waals surface area (Å²) in [7, 11) is 0. The number of hydrogen-bond donors (Lipinski definition) is 1. The van der Waals surface area contributed by atoms with Crippen LogP contribution in [0.2, 0.25) is 0 Å². The number of fused-ring (bicyclic) bond motifs is 2. The van der Waals surface area contributed by atoms with Crippen molar-refractivity contribution in [1.29, 1.82) is 0 Å². The van der Waals surface area contributed by atoms with Crippen molar-refractivity contribution in [2.45, 2.75) is 57.8 Å². The molecule has 6 nitrogen and oxygen atoms in total. The Kier molecular flexibility index (Phi) is 5.31. The van der Waals surface area contributed by atoms with Crippen LogP contribution in [0.5, 0.6) is 0 Å². The van der Waals surface area contributed by atoms with Crippen LogP contribution in [0.1, 0.15) is 60.7 Å². The number of nitrogens with zero attached hydrogens (tertiary/aromatic N) is 4. The zero-order valence-electron chi connectivity index (χ0n) is 19.5. The van der Waals surface area contributed by atoms with Crippen LogP contribution in [-0.2, 0) is 17.6 Å². The van der Waals surface area contributed by atoms with Crippen molar-refractivity contribution in [3.05, 3.63) is 53.1 Å². The van der Waals surface area contributed by atoms with Gasteiger partial charge < -0.3 is 14.8 Å². The van der Waals surface area contributed by atoms with Crippen LogP contribution >= 0.6 is 0 Å². The number of H-pyrrole nitrogens is 1. The molecule has 0 atom stereocenters. The number of aromatic amines is 1. The van der Waals surface area contributed by atoms with Crippen molar-refractivity contribution in [3.8, 4) is 0 Å². The van der Waals surface area contributed by atoms with Gasteiger partial charge in [0.25, 0.3) is 0 Å². The zero-order chi connectivity index (χ0) is 22.4. The predicted molar refractivity (Wildman–Crippen MR) is 131 cm³/mol. The van der Waals surface area contributed by atoms with E-state index in [1.165, 1.54) is 30.6 Å². The van der Waals surface area contributed by atoms with Gasteiger partial charge in [0.05, 0.1) is 6.42 Å². The van der Waals surface area contributed by atoms with Crippen molar-refractivity contribution in [2.24, 2.45) is 5.92 Å². The highest BCUT2D eigenvalue weighted by atomic mass is 16.2. The van der Waals surface area contributed by atoms with E-state index in [0.717, 1.165) is 79.3 Å². The molecule has 4 heterocycles. The first-order valence-corrected chi connectivity index (χ1v) is 12.6. The van der Waals surface area contributed by atoms with E-state index in [2.05, 4.69) is 28.9 Å². The molecule has 1 amide bonds. The van der Waals surface area contributed by atoms with Crippen LogP contribution in [0.25, 0.3) is 10.9 Å². The molecule has 2 fully saturated rings. The van der Waals surface area contributed by atoms with Crippen LogP contribution < -0.4 is 4.90 Å². The number of para-hydroxylation sites is 1. The molecular weight excluding hydrogens is 410 g/mol. The normalized spacial score (nSPS) is 19.2. The third kappa shape index (κ3) is 4.11. The minimum absolute atomic E-state index is 0.219. The second-order valence-corrected chi connectivity index (χ2v) is 10.2. The molecule has 2 aromatic heterocycles. The van der Waals surface area contributed by atoms with Gasteiger partial charge in [-0.05, 0) is 63.0 Å². The zero-order valence-corrected chi connectivity index (χ0v) is 19.5.